The Kier molecular flexibility index (Phi) is 6.02. The maximum atomic E-state index is 13.2. The minimum absolute atomic E-state index is 0.135. The molecule has 32 heavy (non-hydrogen) atoms. The summed E-state index contributed by atoms with van der Waals surface area (Å²) >= 11 is 0. The van der Waals surface area contributed by atoms with Crippen LogP contribution in [0.3, 0.4) is 0 Å². The number of amides is 2. The summed E-state index contributed by atoms with van der Waals surface area (Å²) in [6.45, 7) is 2.85. The molecule has 0 bridgehead atoms. The number of aromatic amines is 1. The summed E-state index contributed by atoms with van der Waals surface area (Å²) in [5, 5.41) is 5.43. The molecule has 0 aliphatic carbocycles. The van der Waals surface area contributed by atoms with Crippen LogP contribution in [0, 0.1) is 0 Å². The van der Waals surface area contributed by atoms with E-state index in [0.717, 1.165) is 25.8 Å². The topological polar surface area (TPSA) is 126 Å². The molecule has 2 aliphatic heterocycles. The van der Waals surface area contributed by atoms with Crippen molar-refractivity contribution < 1.29 is 19.1 Å². The van der Waals surface area contributed by atoms with Crippen LogP contribution in [0.1, 0.15) is 44.1 Å². The molecule has 2 atom stereocenters. The van der Waals surface area contributed by atoms with Crippen LogP contribution in [0.5, 0.6) is 11.5 Å². The van der Waals surface area contributed by atoms with Crippen molar-refractivity contribution >= 4 is 29.3 Å². The summed E-state index contributed by atoms with van der Waals surface area (Å²) in [6, 6.07) is 5.21. The first-order valence-electron chi connectivity index (χ1n) is 10.6. The molecule has 4 rings (SSSR count). The highest BCUT2D eigenvalue weighted by Crippen LogP contribution is 2.34. The van der Waals surface area contributed by atoms with Crippen molar-refractivity contribution in [3.05, 3.63) is 34.1 Å². The molecule has 1 aromatic heterocycles. The highest BCUT2D eigenvalue weighted by Gasteiger charge is 2.36. The first kappa shape index (κ1) is 21.7. The van der Waals surface area contributed by atoms with Crippen molar-refractivity contribution in [1.29, 1.82) is 0 Å². The standard InChI is InChI=1S/C22H27N5O5/c1-12-6-4-5-9-27(12)22-25-19-18(21(30)26-22)14(11-17(28)24-19)20(29)23-15-10-13(31-2)7-8-16(15)32-3/h7-8,10,12,14H,4-6,9,11H2,1-3H3,(H,23,29)(H2,24,25,26,28,30). The predicted octanol–water partition coefficient (Wildman–Crippen LogP) is 2.23. The van der Waals surface area contributed by atoms with Crippen LogP contribution in [0.4, 0.5) is 17.5 Å². The van der Waals surface area contributed by atoms with Crippen molar-refractivity contribution in [2.45, 2.75) is 44.6 Å². The van der Waals surface area contributed by atoms with Crippen LogP contribution in [0.25, 0.3) is 0 Å². The highest BCUT2D eigenvalue weighted by molar-refractivity contribution is 6.05. The molecule has 0 spiro atoms. The summed E-state index contributed by atoms with van der Waals surface area (Å²) in [7, 11) is 3.00. The molecule has 2 unspecified atom stereocenters. The summed E-state index contributed by atoms with van der Waals surface area (Å²) in [5.41, 5.74) is 0.102. The number of methoxy groups -OCH3 is 2. The van der Waals surface area contributed by atoms with Gasteiger partial charge in [0.15, 0.2) is 0 Å². The van der Waals surface area contributed by atoms with Crippen molar-refractivity contribution in [2.24, 2.45) is 0 Å². The third-order valence-electron chi connectivity index (χ3n) is 5.99. The second kappa shape index (κ2) is 8.89. The molecule has 1 aromatic carbocycles. The first-order chi connectivity index (χ1) is 15.4. The zero-order valence-electron chi connectivity index (χ0n) is 18.4. The van der Waals surface area contributed by atoms with Gasteiger partial charge in [-0.2, -0.15) is 4.98 Å². The molecule has 0 saturated carbocycles. The van der Waals surface area contributed by atoms with E-state index in [2.05, 4.69) is 27.5 Å². The van der Waals surface area contributed by atoms with E-state index in [1.807, 2.05) is 4.90 Å². The number of fused-ring (bicyclic) bond motifs is 1. The van der Waals surface area contributed by atoms with Gasteiger partial charge >= 0.3 is 0 Å². The summed E-state index contributed by atoms with van der Waals surface area (Å²) in [6.07, 6.45) is 2.97. The number of aromatic nitrogens is 2. The van der Waals surface area contributed by atoms with Gasteiger partial charge in [-0.1, -0.05) is 0 Å². The minimum Gasteiger partial charge on any atom is -0.497 e. The molecule has 3 N–H and O–H groups in total. The number of ether oxygens (including phenoxy) is 2. The number of hydrogen-bond acceptors (Lipinski definition) is 7. The summed E-state index contributed by atoms with van der Waals surface area (Å²) < 4.78 is 10.5. The number of carbonyl (C=O) groups excluding carboxylic acids is 2. The number of carbonyl (C=O) groups is 2. The lowest BCUT2D eigenvalue weighted by atomic mass is 9.92. The lowest BCUT2D eigenvalue weighted by molar-refractivity contribution is -0.123. The van der Waals surface area contributed by atoms with E-state index in [4.69, 9.17) is 9.47 Å². The van der Waals surface area contributed by atoms with E-state index in [1.54, 1.807) is 18.2 Å². The Morgan fingerprint density at radius 1 is 1.22 bits per heavy atom. The van der Waals surface area contributed by atoms with Crippen LogP contribution < -0.4 is 30.6 Å². The van der Waals surface area contributed by atoms with E-state index >= 15 is 0 Å². The number of rotatable bonds is 5. The molecule has 170 valence electrons. The first-order valence-corrected chi connectivity index (χ1v) is 10.6. The molecule has 10 heteroatoms. The van der Waals surface area contributed by atoms with Gasteiger partial charge in [-0.25, -0.2) is 0 Å². The van der Waals surface area contributed by atoms with E-state index in [-0.39, 0.29) is 29.8 Å². The normalized spacial score (nSPS) is 20.2. The third kappa shape index (κ3) is 4.12. The quantitative estimate of drug-likeness (QED) is 0.650. The van der Waals surface area contributed by atoms with Crippen LogP contribution >= 0.6 is 0 Å². The number of benzene rings is 1. The van der Waals surface area contributed by atoms with E-state index in [1.165, 1.54) is 14.2 Å². The lowest BCUT2D eigenvalue weighted by Gasteiger charge is -2.34. The maximum absolute atomic E-state index is 13.2. The van der Waals surface area contributed by atoms with E-state index in [0.29, 0.717) is 23.1 Å². The van der Waals surface area contributed by atoms with Gasteiger partial charge in [0.05, 0.1) is 31.4 Å². The Labute approximate surface area is 185 Å². The zero-order valence-corrected chi connectivity index (χ0v) is 18.4. The van der Waals surface area contributed by atoms with Gasteiger partial charge in [0.25, 0.3) is 5.56 Å². The van der Waals surface area contributed by atoms with Gasteiger partial charge in [-0.15, -0.1) is 0 Å². The third-order valence-corrected chi connectivity index (χ3v) is 5.99. The van der Waals surface area contributed by atoms with Gasteiger partial charge in [0.1, 0.15) is 17.3 Å². The number of piperidine rings is 1. The fraction of sp³-hybridized carbons (Fsp3) is 0.455. The van der Waals surface area contributed by atoms with Gasteiger partial charge in [0.2, 0.25) is 17.8 Å². The lowest BCUT2D eigenvalue weighted by Crippen LogP contribution is -2.42. The maximum Gasteiger partial charge on any atom is 0.258 e. The SMILES string of the molecule is COc1ccc(OC)c(NC(=O)C2CC(=O)Nc3nc(N4CCCCC4C)[nH]c(=O)c32)c1. The molecular weight excluding hydrogens is 414 g/mol. The second-order valence-electron chi connectivity index (χ2n) is 8.05. The molecule has 2 aromatic rings. The predicted molar refractivity (Wildman–Crippen MR) is 120 cm³/mol. The monoisotopic (exact) mass is 441 g/mol. The Bertz CT molecular complexity index is 1100. The van der Waals surface area contributed by atoms with Gasteiger partial charge in [0, 0.05) is 25.1 Å². The molecular formula is C22H27N5O5. The van der Waals surface area contributed by atoms with Crippen LogP contribution in [-0.2, 0) is 9.59 Å². The molecule has 3 heterocycles. The molecule has 0 radical (unpaired) electrons. The largest absolute Gasteiger partial charge is 0.497 e. The highest BCUT2D eigenvalue weighted by atomic mass is 16.5. The van der Waals surface area contributed by atoms with E-state index < -0.39 is 17.4 Å². The smallest absolute Gasteiger partial charge is 0.258 e. The average molecular weight is 441 g/mol. The Hall–Kier alpha value is -3.56. The Morgan fingerprint density at radius 3 is 2.75 bits per heavy atom. The summed E-state index contributed by atoms with van der Waals surface area (Å²) in [5.74, 6) is -0.347. The molecule has 10 nitrogen and oxygen atoms in total. The van der Waals surface area contributed by atoms with Gasteiger partial charge in [-0.3, -0.25) is 19.4 Å². The van der Waals surface area contributed by atoms with Crippen molar-refractivity contribution in [2.75, 3.05) is 36.3 Å². The molecule has 2 aliphatic rings. The molecule has 1 saturated heterocycles. The van der Waals surface area contributed by atoms with Gasteiger partial charge < -0.3 is 25.0 Å². The van der Waals surface area contributed by atoms with Crippen LogP contribution in [-0.4, -0.2) is 48.6 Å². The van der Waals surface area contributed by atoms with Crippen LogP contribution in [0.2, 0.25) is 0 Å². The van der Waals surface area contributed by atoms with Crippen molar-refractivity contribution in [1.82, 2.24) is 9.97 Å². The van der Waals surface area contributed by atoms with E-state index in [9.17, 15) is 14.4 Å². The average Bonchev–Trinajstić information content (AvgIpc) is 2.78. The molecule has 1 fully saturated rings. The Balaban J connectivity index is 1.67. The van der Waals surface area contributed by atoms with Gasteiger partial charge in [-0.05, 0) is 38.3 Å². The fourth-order valence-electron chi connectivity index (χ4n) is 4.26. The molecule has 2 amide bonds. The number of nitrogens with zero attached hydrogens (tertiary/aromatic N) is 2. The van der Waals surface area contributed by atoms with Crippen LogP contribution in [0.15, 0.2) is 23.0 Å². The number of anilines is 3. The fourth-order valence-corrected chi connectivity index (χ4v) is 4.26. The number of H-pyrrole nitrogens is 1. The summed E-state index contributed by atoms with van der Waals surface area (Å²) in [4.78, 5) is 47.9. The van der Waals surface area contributed by atoms with Crippen molar-refractivity contribution in [3.8, 4) is 11.5 Å². The second-order valence-corrected chi connectivity index (χ2v) is 8.05. The number of hydrogen-bond donors (Lipinski definition) is 3. The number of nitrogens with one attached hydrogen (secondary N) is 3. The zero-order chi connectivity index (χ0) is 22.8. The minimum atomic E-state index is -0.987. The Morgan fingerprint density at radius 2 is 2.03 bits per heavy atom. The van der Waals surface area contributed by atoms with Crippen molar-refractivity contribution in [3.63, 3.8) is 0 Å².